The Morgan fingerprint density at radius 3 is 2.61 bits per heavy atom. The summed E-state index contributed by atoms with van der Waals surface area (Å²) in [5, 5.41) is -4.06. The molecule has 0 aromatic heterocycles. The first kappa shape index (κ1) is 21.9. The van der Waals surface area contributed by atoms with Gasteiger partial charge in [0.1, 0.15) is 6.61 Å². The third kappa shape index (κ3) is 4.25. The van der Waals surface area contributed by atoms with Crippen molar-refractivity contribution in [3.63, 3.8) is 0 Å². The summed E-state index contributed by atoms with van der Waals surface area (Å²) in [6.07, 6.45) is 3.63. The molecule has 4 rings (SSSR count). The predicted molar refractivity (Wildman–Crippen MR) is 114 cm³/mol. The highest BCUT2D eigenvalue weighted by molar-refractivity contribution is 6.23. The Morgan fingerprint density at radius 2 is 1.87 bits per heavy atom. The van der Waals surface area contributed by atoms with Gasteiger partial charge < -0.3 is 4.74 Å². The molecule has 0 heterocycles. The number of halogens is 4. The number of ether oxygens (including phenoxy) is 1. The predicted octanol–water partition coefficient (Wildman–Crippen LogP) is 6.84. The van der Waals surface area contributed by atoms with E-state index in [0.29, 0.717) is 0 Å². The number of hydrogen-bond donors (Lipinski definition) is 0. The van der Waals surface area contributed by atoms with Crippen molar-refractivity contribution in [1.82, 2.24) is 0 Å². The van der Waals surface area contributed by atoms with Gasteiger partial charge >= 0.3 is 11.4 Å². The van der Waals surface area contributed by atoms with E-state index in [4.69, 9.17) is 16.3 Å². The first-order valence-electron chi connectivity index (χ1n) is 10.4. The van der Waals surface area contributed by atoms with Crippen LogP contribution in [0.25, 0.3) is 11.1 Å². The van der Waals surface area contributed by atoms with Gasteiger partial charge in [-0.05, 0) is 76.1 Å². The molecule has 31 heavy (non-hydrogen) atoms. The van der Waals surface area contributed by atoms with Crippen molar-refractivity contribution >= 4 is 17.6 Å². The molecule has 2 aliphatic carbocycles. The summed E-state index contributed by atoms with van der Waals surface area (Å²) in [5.74, 6) is -3.59. The quantitative estimate of drug-likeness (QED) is 0.369. The van der Waals surface area contributed by atoms with E-state index in [-0.39, 0.29) is 6.61 Å². The van der Waals surface area contributed by atoms with Crippen LogP contribution in [0.15, 0.2) is 54.4 Å². The van der Waals surface area contributed by atoms with E-state index >= 15 is 0 Å². The minimum absolute atomic E-state index is 0.0985. The van der Waals surface area contributed by atoms with E-state index in [9.17, 15) is 18.0 Å². The molecular formula is C25H24ClF3O2. The highest BCUT2D eigenvalue weighted by Gasteiger charge is 2.62. The van der Waals surface area contributed by atoms with Gasteiger partial charge in [0.05, 0.1) is 5.92 Å². The van der Waals surface area contributed by atoms with Crippen LogP contribution < -0.4 is 0 Å². The summed E-state index contributed by atoms with van der Waals surface area (Å²) in [5.41, 5.74) is 5.10. The second-order valence-electron chi connectivity index (χ2n) is 8.90. The first-order valence-corrected chi connectivity index (χ1v) is 10.8. The van der Waals surface area contributed by atoms with Gasteiger partial charge in [-0.25, -0.2) is 4.39 Å². The highest BCUT2D eigenvalue weighted by Crippen LogP contribution is 2.60. The van der Waals surface area contributed by atoms with E-state index in [1.807, 2.05) is 24.3 Å². The fourth-order valence-corrected chi connectivity index (χ4v) is 4.77. The lowest BCUT2D eigenvalue weighted by molar-refractivity contribution is -0.147. The van der Waals surface area contributed by atoms with E-state index in [1.165, 1.54) is 16.7 Å². The smallest absolute Gasteiger partial charge is 0.373 e. The molecule has 1 saturated carbocycles. The largest absolute Gasteiger partial charge is 0.461 e. The second kappa shape index (κ2) is 8.01. The zero-order valence-electron chi connectivity index (χ0n) is 17.4. The number of carbonyl (C=O) groups is 1. The van der Waals surface area contributed by atoms with Crippen LogP contribution in [-0.4, -0.2) is 11.4 Å². The molecule has 2 aromatic rings. The van der Waals surface area contributed by atoms with Gasteiger partial charge in [0.15, 0.2) is 5.83 Å². The number of allylic oxidation sites excluding steroid dienone is 2. The maximum absolute atomic E-state index is 13.6. The van der Waals surface area contributed by atoms with E-state index in [1.54, 1.807) is 13.8 Å². The zero-order chi connectivity index (χ0) is 22.4. The lowest BCUT2D eigenvalue weighted by atomic mass is 9.93. The van der Waals surface area contributed by atoms with Crippen molar-refractivity contribution in [2.45, 2.75) is 45.1 Å². The minimum atomic E-state index is -4.06. The van der Waals surface area contributed by atoms with Crippen LogP contribution in [0, 0.1) is 17.3 Å². The van der Waals surface area contributed by atoms with Crippen LogP contribution in [0.2, 0.25) is 0 Å². The summed E-state index contributed by atoms with van der Waals surface area (Å²) in [7, 11) is 0. The van der Waals surface area contributed by atoms with Crippen LogP contribution in [-0.2, 0) is 29.0 Å². The molecule has 0 N–H and O–H groups in total. The van der Waals surface area contributed by atoms with Crippen LogP contribution in [0.1, 0.15) is 37.0 Å². The third-order valence-corrected chi connectivity index (χ3v) is 6.77. The van der Waals surface area contributed by atoms with E-state index < -0.39 is 34.4 Å². The van der Waals surface area contributed by atoms with Crippen LogP contribution in [0.4, 0.5) is 13.2 Å². The lowest BCUT2D eigenvalue weighted by Gasteiger charge is -2.14. The molecule has 2 nitrogen and oxygen atoms in total. The minimum Gasteiger partial charge on any atom is -0.461 e. The molecule has 0 bridgehead atoms. The average molecular weight is 449 g/mol. The number of carbonyl (C=O) groups excluding carboxylic acids is 1. The summed E-state index contributed by atoms with van der Waals surface area (Å²) in [4.78, 5) is 12.7. The van der Waals surface area contributed by atoms with Gasteiger partial charge in [0, 0.05) is 0 Å². The molecule has 0 aliphatic heterocycles. The summed E-state index contributed by atoms with van der Waals surface area (Å²) in [6, 6.07) is 14.3. The summed E-state index contributed by atoms with van der Waals surface area (Å²) < 4.78 is 45.1. The molecule has 164 valence electrons. The number of esters is 1. The molecule has 2 atom stereocenters. The third-order valence-electron chi connectivity index (χ3n) is 6.58. The molecule has 2 aliphatic rings. The molecule has 0 spiro atoms. The number of benzene rings is 2. The van der Waals surface area contributed by atoms with E-state index in [0.717, 1.165) is 36.5 Å². The van der Waals surface area contributed by atoms with Crippen molar-refractivity contribution in [3.8, 4) is 11.1 Å². The Morgan fingerprint density at radius 1 is 1.16 bits per heavy atom. The number of rotatable bonds is 5. The Balaban J connectivity index is 1.51. The van der Waals surface area contributed by atoms with Crippen molar-refractivity contribution < 1.29 is 22.7 Å². The molecular weight excluding hydrogens is 425 g/mol. The molecule has 6 heteroatoms. The SMILES string of the molecule is CC1(C)C(/C=C(\F)C(F)(F)Cl)C1C(=O)OCc1cccc2c1CCCc1ccccc1-2. The summed E-state index contributed by atoms with van der Waals surface area (Å²) in [6.45, 7) is 3.55. The lowest BCUT2D eigenvalue weighted by Crippen LogP contribution is -2.12. The molecule has 0 saturated heterocycles. The number of hydrogen-bond acceptors (Lipinski definition) is 2. The van der Waals surface area contributed by atoms with Crippen LogP contribution in [0.3, 0.4) is 0 Å². The van der Waals surface area contributed by atoms with Gasteiger partial charge in [-0.1, -0.05) is 56.3 Å². The monoisotopic (exact) mass is 448 g/mol. The standard InChI is InChI=1S/C25H24ClF3O2/c1-24(2)20(13-21(27)25(26,28)29)22(24)23(30)31-14-16-9-6-12-19-17-10-4-3-7-15(17)8-5-11-18(16)19/h3-4,6-7,9-10,12-13,20,22H,5,8,11,14H2,1-2H3/b21-13-. The molecule has 2 unspecified atom stereocenters. The second-order valence-corrected chi connectivity index (χ2v) is 9.37. The number of alkyl halides is 3. The Labute approximate surface area is 185 Å². The molecule has 2 aromatic carbocycles. The van der Waals surface area contributed by atoms with Crippen molar-refractivity contribution in [2.24, 2.45) is 17.3 Å². The van der Waals surface area contributed by atoms with Gasteiger partial charge in [0.25, 0.3) is 0 Å². The van der Waals surface area contributed by atoms with Crippen LogP contribution >= 0.6 is 11.6 Å². The first-order chi connectivity index (χ1) is 14.6. The molecule has 0 radical (unpaired) electrons. The molecule has 1 fully saturated rings. The zero-order valence-corrected chi connectivity index (χ0v) is 18.2. The van der Waals surface area contributed by atoms with Crippen molar-refractivity contribution in [3.05, 3.63) is 71.1 Å². The summed E-state index contributed by atoms with van der Waals surface area (Å²) >= 11 is 4.74. The maximum atomic E-state index is 13.6. The Hall–Kier alpha value is -2.27. The Bertz CT molecular complexity index is 1040. The van der Waals surface area contributed by atoms with Crippen molar-refractivity contribution in [1.29, 1.82) is 0 Å². The van der Waals surface area contributed by atoms with Crippen molar-refractivity contribution in [2.75, 3.05) is 0 Å². The normalized spacial score (nSPS) is 22.2. The topological polar surface area (TPSA) is 26.3 Å². The van der Waals surface area contributed by atoms with Gasteiger partial charge in [0.2, 0.25) is 0 Å². The fourth-order valence-electron chi connectivity index (χ4n) is 4.70. The molecule has 0 amide bonds. The van der Waals surface area contributed by atoms with Gasteiger partial charge in [-0.2, -0.15) is 8.78 Å². The maximum Gasteiger partial charge on any atom is 0.373 e. The van der Waals surface area contributed by atoms with Gasteiger partial charge in [-0.3, -0.25) is 4.79 Å². The van der Waals surface area contributed by atoms with Crippen LogP contribution in [0.5, 0.6) is 0 Å². The highest BCUT2D eigenvalue weighted by atomic mass is 35.5. The van der Waals surface area contributed by atoms with Gasteiger partial charge in [-0.15, -0.1) is 0 Å². The fraction of sp³-hybridized carbons (Fsp3) is 0.400. The van der Waals surface area contributed by atoms with E-state index in [2.05, 4.69) is 18.2 Å². The Kier molecular flexibility index (Phi) is 5.67. The number of fused-ring (bicyclic) bond motifs is 3. The number of aryl methyl sites for hydroxylation is 1. The average Bonchev–Trinajstić information content (AvgIpc) is 3.32.